The molecule has 0 aliphatic heterocycles. The molecule has 5 nitrogen and oxygen atoms in total. The highest BCUT2D eigenvalue weighted by Gasteiger charge is 2.09. The molecule has 21 heavy (non-hydrogen) atoms. The number of Topliss-reactive ketones (excluding diaryl/α,β-unsaturated/α-hetero) is 1. The predicted molar refractivity (Wildman–Crippen MR) is 78.7 cm³/mol. The summed E-state index contributed by atoms with van der Waals surface area (Å²) in [4.78, 5) is 22.2. The summed E-state index contributed by atoms with van der Waals surface area (Å²) in [6.07, 6.45) is 0.214. The van der Waals surface area contributed by atoms with Crippen molar-refractivity contribution in [2.75, 3.05) is 6.61 Å². The number of carbonyl (C=O) groups is 1. The largest absolute Gasteiger partial charge is 0.494 e. The lowest BCUT2D eigenvalue weighted by atomic mass is 10.0. The van der Waals surface area contributed by atoms with Crippen LogP contribution >= 0.6 is 0 Å². The minimum absolute atomic E-state index is 0.0206. The summed E-state index contributed by atoms with van der Waals surface area (Å²) in [5.41, 5.74) is 1.36. The maximum absolute atomic E-state index is 12.1. The molecule has 5 heteroatoms. The number of non-ortho nitro benzene ring substituents is 1. The molecule has 0 fully saturated rings. The number of carbonyl (C=O) groups excluding carboxylic acids is 1. The molecular weight excluding hydrogens is 270 g/mol. The van der Waals surface area contributed by atoms with Crippen LogP contribution in [0, 0.1) is 10.1 Å². The van der Waals surface area contributed by atoms with E-state index in [-0.39, 0.29) is 17.9 Å². The fraction of sp³-hybridized carbons (Fsp3) is 0.188. The molecule has 0 saturated carbocycles. The molecule has 0 unspecified atom stereocenters. The Balaban J connectivity index is 2.05. The minimum atomic E-state index is -0.460. The standard InChI is InChI=1S/C16H15NO4/c1-2-21-15-9-5-13(6-10-15)16(18)11-12-3-7-14(8-4-12)17(19)20/h3-10H,2,11H2,1H3. The molecule has 0 radical (unpaired) electrons. The third-order valence-electron chi connectivity index (χ3n) is 3.00. The normalized spacial score (nSPS) is 10.1. The molecule has 2 aromatic rings. The van der Waals surface area contributed by atoms with Crippen LogP contribution in [0.3, 0.4) is 0 Å². The van der Waals surface area contributed by atoms with E-state index in [1.165, 1.54) is 12.1 Å². The van der Waals surface area contributed by atoms with Crippen molar-refractivity contribution in [2.45, 2.75) is 13.3 Å². The Morgan fingerprint density at radius 3 is 2.24 bits per heavy atom. The molecule has 0 heterocycles. The van der Waals surface area contributed by atoms with Gasteiger partial charge in [0.25, 0.3) is 5.69 Å². The second kappa shape index (κ2) is 6.65. The van der Waals surface area contributed by atoms with Crippen LogP contribution in [0.15, 0.2) is 48.5 Å². The molecule has 0 bridgehead atoms. The van der Waals surface area contributed by atoms with Crippen molar-refractivity contribution in [1.29, 1.82) is 0 Å². The monoisotopic (exact) mass is 285 g/mol. The highest BCUT2D eigenvalue weighted by atomic mass is 16.6. The number of hydrogen-bond donors (Lipinski definition) is 0. The van der Waals surface area contributed by atoms with Crippen molar-refractivity contribution in [1.82, 2.24) is 0 Å². The first-order valence-electron chi connectivity index (χ1n) is 6.59. The summed E-state index contributed by atoms with van der Waals surface area (Å²) < 4.78 is 5.32. The molecule has 108 valence electrons. The summed E-state index contributed by atoms with van der Waals surface area (Å²) >= 11 is 0. The van der Waals surface area contributed by atoms with E-state index in [0.717, 1.165) is 11.3 Å². The van der Waals surface area contributed by atoms with Crippen LogP contribution in [0.4, 0.5) is 5.69 Å². The van der Waals surface area contributed by atoms with Crippen molar-refractivity contribution in [2.24, 2.45) is 0 Å². The smallest absolute Gasteiger partial charge is 0.269 e. The van der Waals surface area contributed by atoms with E-state index in [0.29, 0.717) is 12.2 Å². The molecule has 2 rings (SSSR count). The third kappa shape index (κ3) is 3.89. The fourth-order valence-electron chi connectivity index (χ4n) is 1.93. The topological polar surface area (TPSA) is 69.4 Å². The van der Waals surface area contributed by atoms with Gasteiger partial charge in [-0.05, 0) is 36.8 Å². The summed E-state index contributed by atoms with van der Waals surface area (Å²) in [6.45, 7) is 2.48. The zero-order valence-electron chi connectivity index (χ0n) is 11.6. The molecule has 0 aromatic heterocycles. The Hall–Kier alpha value is -2.69. The first-order valence-corrected chi connectivity index (χ1v) is 6.59. The van der Waals surface area contributed by atoms with Crippen molar-refractivity contribution in [3.8, 4) is 5.75 Å². The van der Waals surface area contributed by atoms with Crippen LogP contribution in [0.1, 0.15) is 22.8 Å². The highest BCUT2D eigenvalue weighted by Crippen LogP contribution is 2.16. The summed E-state index contributed by atoms with van der Waals surface area (Å²) in [6, 6.07) is 13.0. The van der Waals surface area contributed by atoms with Crippen LogP contribution in [0.25, 0.3) is 0 Å². The van der Waals surface area contributed by atoms with Crippen LogP contribution in [0.5, 0.6) is 5.75 Å². The number of ether oxygens (including phenoxy) is 1. The predicted octanol–water partition coefficient (Wildman–Crippen LogP) is 3.42. The zero-order valence-corrected chi connectivity index (χ0v) is 11.6. The number of ketones is 1. The number of rotatable bonds is 6. The van der Waals surface area contributed by atoms with Crippen molar-refractivity contribution < 1.29 is 14.5 Å². The average Bonchev–Trinajstić information content (AvgIpc) is 2.49. The summed E-state index contributed by atoms with van der Waals surface area (Å²) in [5, 5.41) is 10.6. The lowest BCUT2D eigenvalue weighted by molar-refractivity contribution is -0.384. The van der Waals surface area contributed by atoms with Crippen LogP contribution in [0.2, 0.25) is 0 Å². The van der Waals surface area contributed by atoms with Gasteiger partial charge in [-0.2, -0.15) is 0 Å². The van der Waals surface area contributed by atoms with Crippen LogP contribution < -0.4 is 4.74 Å². The second-order valence-corrected chi connectivity index (χ2v) is 4.48. The number of nitrogens with zero attached hydrogens (tertiary/aromatic N) is 1. The Labute approximate surface area is 122 Å². The second-order valence-electron chi connectivity index (χ2n) is 4.48. The number of nitro benzene ring substituents is 1. The van der Waals surface area contributed by atoms with Gasteiger partial charge in [-0.1, -0.05) is 12.1 Å². The van der Waals surface area contributed by atoms with E-state index in [4.69, 9.17) is 4.74 Å². The van der Waals surface area contributed by atoms with Gasteiger partial charge in [-0.25, -0.2) is 0 Å². The van der Waals surface area contributed by atoms with E-state index in [2.05, 4.69) is 0 Å². The average molecular weight is 285 g/mol. The molecule has 0 N–H and O–H groups in total. The molecule has 0 saturated heterocycles. The van der Waals surface area contributed by atoms with Gasteiger partial charge in [-0.15, -0.1) is 0 Å². The molecule has 0 atom stereocenters. The first kappa shape index (κ1) is 14.7. The van der Waals surface area contributed by atoms with Gasteiger partial charge < -0.3 is 4.74 Å². The van der Waals surface area contributed by atoms with Crippen LogP contribution in [-0.2, 0) is 6.42 Å². The number of nitro groups is 1. The molecular formula is C16H15NO4. The summed E-state index contributed by atoms with van der Waals surface area (Å²) in [5.74, 6) is 0.691. The Morgan fingerprint density at radius 2 is 1.71 bits per heavy atom. The van der Waals surface area contributed by atoms with Crippen molar-refractivity contribution >= 4 is 11.5 Å². The molecule has 0 amide bonds. The third-order valence-corrected chi connectivity index (χ3v) is 3.00. The fourth-order valence-corrected chi connectivity index (χ4v) is 1.93. The SMILES string of the molecule is CCOc1ccc(C(=O)Cc2ccc([N+](=O)[O-])cc2)cc1. The van der Waals surface area contributed by atoms with Gasteiger partial charge >= 0.3 is 0 Å². The number of benzene rings is 2. The first-order chi connectivity index (χ1) is 10.1. The molecule has 0 spiro atoms. The van der Waals surface area contributed by atoms with Gasteiger partial charge in [0, 0.05) is 24.1 Å². The summed E-state index contributed by atoms with van der Waals surface area (Å²) in [7, 11) is 0. The maximum Gasteiger partial charge on any atom is 0.269 e. The molecule has 0 aliphatic rings. The zero-order chi connectivity index (χ0) is 15.2. The van der Waals surface area contributed by atoms with E-state index >= 15 is 0 Å². The van der Waals surface area contributed by atoms with Gasteiger partial charge in [0.05, 0.1) is 11.5 Å². The lowest BCUT2D eigenvalue weighted by Crippen LogP contribution is -2.03. The number of hydrogen-bond acceptors (Lipinski definition) is 4. The maximum atomic E-state index is 12.1. The highest BCUT2D eigenvalue weighted by molar-refractivity contribution is 5.97. The van der Waals surface area contributed by atoms with E-state index < -0.39 is 4.92 Å². The minimum Gasteiger partial charge on any atom is -0.494 e. The van der Waals surface area contributed by atoms with E-state index in [9.17, 15) is 14.9 Å². The quantitative estimate of drug-likeness (QED) is 0.463. The molecule has 0 aliphatic carbocycles. The molecule has 2 aromatic carbocycles. The van der Waals surface area contributed by atoms with Crippen molar-refractivity contribution in [3.63, 3.8) is 0 Å². The van der Waals surface area contributed by atoms with Gasteiger partial charge in [0.15, 0.2) is 5.78 Å². The lowest BCUT2D eigenvalue weighted by Gasteiger charge is -2.05. The Bertz CT molecular complexity index is 632. The van der Waals surface area contributed by atoms with E-state index in [1.807, 2.05) is 6.92 Å². The van der Waals surface area contributed by atoms with Crippen molar-refractivity contribution in [3.05, 3.63) is 69.8 Å². The van der Waals surface area contributed by atoms with Gasteiger partial charge in [0.2, 0.25) is 0 Å². The van der Waals surface area contributed by atoms with E-state index in [1.54, 1.807) is 36.4 Å². The Morgan fingerprint density at radius 1 is 1.10 bits per heavy atom. The Kier molecular flexibility index (Phi) is 4.66. The van der Waals surface area contributed by atoms with Crippen LogP contribution in [-0.4, -0.2) is 17.3 Å². The van der Waals surface area contributed by atoms with Gasteiger partial charge in [-0.3, -0.25) is 14.9 Å². The van der Waals surface area contributed by atoms with Gasteiger partial charge in [0.1, 0.15) is 5.75 Å².